The van der Waals surface area contributed by atoms with Crippen LogP contribution in [-0.2, 0) is 26.2 Å². The zero-order valence-electron chi connectivity index (χ0n) is 21.3. The lowest BCUT2D eigenvalue weighted by Crippen LogP contribution is -2.54. The highest BCUT2D eigenvalue weighted by Gasteiger charge is 2.68. The standard InChI is InChI=1S/C33H24ClN3O3/c34-21-16-14-20(15-17-21)18-27(38)36-35-19-33-25-12-6-4-10-23(25)28(24-11-5-7-13-26(24)33)29-30(33)32(40)37(31(29)39)22-8-2-1-3-9-22/h1-17,19,28-30H,18H2,(H,36,38)/b35-19-/t28?,29-,30+,33?/m0/s1. The zero-order valence-corrected chi connectivity index (χ0v) is 22.1. The van der Waals surface area contributed by atoms with Gasteiger partial charge in [0, 0.05) is 17.2 Å². The van der Waals surface area contributed by atoms with Gasteiger partial charge >= 0.3 is 0 Å². The molecule has 4 aromatic carbocycles. The second-order valence-corrected chi connectivity index (χ2v) is 10.9. The molecule has 8 rings (SSSR count). The molecule has 4 aromatic rings. The van der Waals surface area contributed by atoms with Crippen LogP contribution in [0.1, 0.15) is 33.7 Å². The number of nitrogens with one attached hydrogen (secondary N) is 1. The fraction of sp³-hybridized carbons (Fsp3) is 0.152. The van der Waals surface area contributed by atoms with Crippen LogP contribution in [-0.4, -0.2) is 23.9 Å². The van der Waals surface area contributed by atoms with Crippen LogP contribution in [0, 0.1) is 11.8 Å². The summed E-state index contributed by atoms with van der Waals surface area (Å²) in [4.78, 5) is 42.5. The monoisotopic (exact) mass is 545 g/mol. The summed E-state index contributed by atoms with van der Waals surface area (Å²) in [6.07, 6.45) is 1.80. The molecule has 0 unspecified atom stereocenters. The van der Waals surface area contributed by atoms with Crippen molar-refractivity contribution in [3.8, 4) is 0 Å². The van der Waals surface area contributed by atoms with Gasteiger partial charge < -0.3 is 0 Å². The summed E-state index contributed by atoms with van der Waals surface area (Å²) in [5, 5.41) is 5.06. The number of nitrogens with zero attached hydrogens (tertiary/aromatic N) is 2. The largest absolute Gasteiger partial charge is 0.274 e. The minimum absolute atomic E-state index is 0.127. The summed E-state index contributed by atoms with van der Waals surface area (Å²) < 4.78 is 0. The van der Waals surface area contributed by atoms with Crippen LogP contribution >= 0.6 is 11.6 Å². The van der Waals surface area contributed by atoms with Crippen molar-refractivity contribution in [3.63, 3.8) is 0 Å². The van der Waals surface area contributed by atoms with Crippen LogP contribution in [0.3, 0.4) is 0 Å². The normalized spacial score (nSPS) is 24.1. The molecule has 196 valence electrons. The predicted octanol–water partition coefficient (Wildman–Crippen LogP) is 5.24. The molecule has 1 N–H and O–H groups in total. The maximum Gasteiger partial charge on any atom is 0.244 e. The van der Waals surface area contributed by atoms with Crippen molar-refractivity contribution < 1.29 is 14.4 Å². The average Bonchev–Trinajstić information content (AvgIpc) is 3.25. The molecule has 1 heterocycles. The summed E-state index contributed by atoms with van der Waals surface area (Å²) in [5.74, 6) is -2.30. The van der Waals surface area contributed by atoms with Crippen molar-refractivity contribution in [3.05, 3.63) is 136 Å². The number of benzene rings is 4. The number of imide groups is 1. The first-order valence-corrected chi connectivity index (χ1v) is 13.6. The molecule has 1 fully saturated rings. The Bertz CT molecular complexity index is 1650. The van der Waals surface area contributed by atoms with Crippen molar-refractivity contribution in [2.75, 3.05) is 4.90 Å². The Kier molecular flexibility index (Phi) is 5.68. The third-order valence-corrected chi connectivity index (χ3v) is 8.69. The summed E-state index contributed by atoms with van der Waals surface area (Å²) in [6, 6.07) is 32.1. The quantitative estimate of drug-likeness (QED) is 0.212. The predicted molar refractivity (Wildman–Crippen MR) is 153 cm³/mol. The number of rotatable bonds is 5. The van der Waals surface area contributed by atoms with Gasteiger partial charge in [-0.3, -0.25) is 14.4 Å². The maximum atomic E-state index is 14.3. The van der Waals surface area contributed by atoms with Gasteiger partial charge in [0.15, 0.2) is 0 Å². The number of amides is 3. The van der Waals surface area contributed by atoms with Gasteiger partial charge in [-0.1, -0.05) is 90.5 Å². The first kappa shape index (κ1) is 24.5. The van der Waals surface area contributed by atoms with E-state index in [2.05, 4.69) is 10.5 Å². The van der Waals surface area contributed by atoms with Crippen LogP contribution in [0.4, 0.5) is 5.69 Å². The topological polar surface area (TPSA) is 78.8 Å². The van der Waals surface area contributed by atoms with E-state index in [4.69, 9.17) is 11.6 Å². The molecule has 0 spiro atoms. The minimum atomic E-state index is -1.03. The van der Waals surface area contributed by atoms with E-state index in [0.29, 0.717) is 10.7 Å². The minimum Gasteiger partial charge on any atom is -0.274 e. The van der Waals surface area contributed by atoms with Crippen LogP contribution < -0.4 is 10.3 Å². The lowest BCUT2D eigenvalue weighted by atomic mass is 9.47. The van der Waals surface area contributed by atoms with Crippen molar-refractivity contribution in [1.82, 2.24) is 5.43 Å². The van der Waals surface area contributed by atoms with Gasteiger partial charge in [0.25, 0.3) is 0 Å². The molecule has 3 amide bonds. The number of carbonyl (C=O) groups is 3. The second kappa shape index (κ2) is 9.28. The summed E-state index contributed by atoms with van der Waals surface area (Å²) in [7, 11) is 0. The van der Waals surface area contributed by atoms with Gasteiger partial charge in [-0.15, -0.1) is 0 Å². The van der Waals surface area contributed by atoms with E-state index in [1.165, 1.54) is 4.90 Å². The van der Waals surface area contributed by atoms with Crippen molar-refractivity contribution >= 4 is 41.2 Å². The lowest BCUT2D eigenvalue weighted by Gasteiger charge is -2.52. The molecule has 0 radical (unpaired) electrons. The fourth-order valence-corrected chi connectivity index (χ4v) is 7.04. The Morgan fingerprint density at radius 2 is 1.43 bits per heavy atom. The SMILES string of the molecule is O=C(Cc1ccc(Cl)cc1)N/N=C\C12c3ccccc3C(c3ccccc31)[C@@H]1C(=O)N(c3ccccc3)C(=O)[C@@H]12. The fourth-order valence-electron chi connectivity index (χ4n) is 6.91. The Balaban J connectivity index is 1.34. The third-order valence-electron chi connectivity index (χ3n) is 8.43. The number of carbonyl (C=O) groups excluding carboxylic acids is 3. The summed E-state index contributed by atoms with van der Waals surface area (Å²) in [5.41, 5.74) is 6.90. The molecule has 1 saturated heterocycles. The smallest absolute Gasteiger partial charge is 0.244 e. The van der Waals surface area contributed by atoms with E-state index in [1.54, 1.807) is 42.6 Å². The van der Waals surface area contributed by atoms with Gasteiger partial charge in [-0.05, 0) is 52.1 Å². The Labute approximate surface area is 236 Å². The summed E-state index contributed by atoms with van der Waals surface area (Å²) >= 11 is 5.97. The first-order valence-electron chi connectivity index (χ1n) is 13.2. The van der Waals surface area contributed by atoms with Crippen LogP contribution in [0.5, 0.6) is 0 Å². The molecular weight excluding hydrogens is 522 g/mol. The number of anilines is 1. The molecule has 40 heavy (non-hydrogen) atoms. The van der Waals surface area contributed by atoms with Gasteiger partial charge in [0.05, 0.1) is 29.4 Å². The molecule has 2 atom stereocenters. The summed E-state index contributed by atoms with van der Waals surface area (Å²) in [6.45, 7) is 0. The molecule has 2 bridgehead atoms. The van der Waals surface area contributed by atoms with E-state index >= 15 is 0 Å². The van der Waals surface area contributed by atoms with Crippen molar-refractivity contribution in [1.29, 1.82) is 0 Å². The van der Waals surface area contributed by atoms with Gasteiger partial charge in [0.1, 0.15) is 0 Å². The molecular formula is C33H24ClN3O3. The van der Waals surface area contributed by atoms with E-state index in [1.807, 2.05) is 66.7 Å². The van der Waals surface area contributed by atoms with E-state index in [9.17, 15) is 14.4 Å². The highest BCUT2D eigenvalue weighted by Crippen LogP contribution is 2.63. The average molecular weight is 546 g/mol. The van der Waals surface area contributed by atoms with Crippen LogP contribution in [0.15, 0.2) is 108 Å². The van der Waals surface area contributed by atoms with Crippen molar-refractivity contribution in [2.45, 2.75) is 17.8 Å². The lowest BCUT2D eigenvalue weighted by molar-refractivity contribution is -0.123. The van der Waals surface area contributed by atoms with Crippen LogP contribution in [0.25, 0.3) is 0 Å². The molecule has 4 aliphatic rings. The maximum absolute atomic E-state index is 14.3. The second-order valence-electron chi connectivity index (χ2n) is 10.5. The zero-order chi connectivity index (χ0) is 27.4. The highest BCUT2D eigenvalue weighted by molar-refractivity contribution is 6.30. The molecule has 0 saturated carbocycles. The Morgan fingerprint density at radius 3 is 2.08 bits per heavy atom. The molecule has 6 nitrogen and oxygen atoms in total. The number of hydrogen-bond donors (Lipinski definition) is 1. The number of hydrogen-bond acceptors (Lipinski definition) is 4. The molecule has 1 aliphatic heterocycles. The Hall–Kier alpha value is -4.55. The highest BCUT2D eigenvalue weighted by atomic mass is 35.5. The molecule has 7 heteroatoms. The van der Waals surface area contributed by atoms with E-state index in [-0.39, 0.29) is 30.1 Å². The van der Waals surface area contributed by atoms with Gasteiger partial charge in [-0.25, -0.2) is 10.3 Å². The number of hydrazone groups is 1. The number of halogens is 1. The van der Waals surface area contributed by atoms with Crippen LogP contribution in [0.2, 0.25) is 5.02 Å². The first-order chi connectivity index (χ1) is 19.5. The van der Waals surface area contributed by atoms with Crippen molar-refractivity contribution in [2.24, 2.45) is 16.9 Å². The van der Waals surface area contributed by atoms with E-state index in [0.717, 1.165) is 27.8 Å². The van der Waals surface area contributed by atoms with Gasteiger partial charge in [0.2, 0.25) is 17.7 Å². The number of para-hydroxylation sites is 1. The Morgan fingerprint density at radius 1 is 0.825 bits per heavy atom. The molecule has 0 aromatic heterocycles. The third kappa shape index (κ3) is 3.49. The molecule has 3 aliphatic carbocycles. The van der Waals surface area contributed by atoms with Gasteiger partial charge in [-0.2, -0.15) is 5.10 Å². The van der Waals surface area contributed by atoms with E-state index < -0.39 is 17.3 Å².